The van der Waals surface area contributed by atoms with Crippen molar-refractivity contribution in [2.24, 2.45) is 10.7 Å². The van der Waals surface area contributed by atoms with Gasteiger partial charge in [-0.25, -0.2) is 0 Å². The predicted octanol–water partition coefficient (Wildman–Crippen LogP) is 2.60. The van der Waals surface area contributed by atoms with Crippen molar-refractivity contribution < 1.29 is 9.47 Å². The predicted molar refractivity (Wildman–Crippen MR) is 93.8 cm³/mol. The van der Waals surface area contributed by atoms with Crippen LogP contribution in [-0.4, -0.2) is 32.8 Å². The molecule has 114 valence electrons. The smallest absolute Gasteiger partial charge is 0.193 e. The third kappa shape index (κ3) is 7.66. The number of aliphatic imine (C=N–C) groups is 1. The summed E-state index contributed by atoms with van der Waals surface area (Å²) in [5.41, 5.74) is 7.82. The molecule has 0 aliphatic heterocycles. The van der Waals surface area contributed by atoms with Gasteiger partial charge in [0.15, 0.2) is 5.96 Å². The number of methoxy groups -OCH3 is 1. The van der Waals surface area contributed by atoms with Crippen LogP contribution < -0.4 is 11.1 Å². The molecule has 0 radical (unpaired) electrons. The third-order valence-corrected chi connectivity index (χ3v) is 2.51. The van der Waals surface area contributed by atoms with Crippen molar-refractivity contribution >= 4 is 35.6 Å². The molecule has 0 aliphatic rings. The molecule has 0 saturated heterocycles. The van der Waals surface area contributed by atoms with Crippen molar-refractivity contribution in [3.05, 3.63) is 29.8 Å². The van der Waals surface area contributed by atoms with Gasteiger partial charge < -0.3 is 20.5 Å². The number of nitrogens with two attached hydrogens (primary N) is 1. The number of rotatable bonds is 8. The molecule has 0 unspecified atom stereocenters. The minimum Gasteiger partial charge on any atom is -0.382 e. The Morgan fingerprint density at radius 3 is 2.80 bits per heavy atom. The van der Waals surface area contributed by atoms with Crippen LogP contribution in [0.4, 0.5) is 5.69 Å². The fraction of sp³-hybridized carbons (Fsp3) is 0.500. The molecule has 0 bridgehead atoms. The monoisotopic (exact) mass is 393 g/mol. The summed E-state index contributed by atoms with van der Waals surface area (Å²) in [6, 6.07) is 7.87. The number of nitrogens with one attached hydrogen (secondary N) is 1. The molecule has 0 atom stereocenters. The summed E-state index contributed by atoms with van der Waals surface area (Å²) in [5, 5.41) is 3.09. The first-order chi connectivity index (χ1) is 9.27. The molecule has 0 aliphatic carbocycles. The van der Waals surface area contributed by atoms with Crippen molar-refractivity contribution in [3.63, 3.8) is 0 Å². The molecular weight excluding hydrogens is 369 g/mol. The molecule has 0 saturated carbocycles. The standard InChI is InChI=1S/C14H23N3O2.HI/c1-3-19-10-6-9-16-14(15)17-13-8-5-4-7-12(13)11-18-2;/h4-5,7-8H,3,6,9-11H2,1-2H3,(H3,15,16,17);1H. The number of anilines is 1. The van der Waals surface area contributed by atoms with Gasteiger partial charge in [-0.05, 0) is 19.4 Å². The first kappa shape index (κ1) is 19.1. The topological polar surface area (TPSA) is 68.9 Å². The number of halogens is 1. The van der Waals surface area contributed by atoms with E-state index in [1.165, 1.54) is 0 Å². The highest BCUT2D eigenvalue weighted by molar-refractivity contribution is 14.0. The van der Waals surface area contributed by atoms with E-state index in [2.05, 4.69) is 10.3 Å². The van der Waals surface area contributed by atoms with Gasteiger partial charge in [0.1, 0.15) is 0 Å². The van der Waals surface area contributed by atoms with E-state index >= 15 is 0 Å². The van der Waals surface area contributed by atoms with E-state index in [0.29, 0.717) is 25.7 Å². The van der Waals surface area contributed by atoms with Gasteiger partial charge >= 0.3 is 0 Å². The molecular formula is C14H24IN3O2. The maximum atomic E-state index is 5.84. The van der Waals surface area contributed by atoms with Crippen molar-refractivity contribution in [1.82, 2.24) is 0 Å². The molecule has 0 aromatic heterocycles. The Kier molecular flexibility index (Phi) is 11.4. The second-order valence-corrected chi connectivity index (χ2v) is 4.03. The molecule has 0 spiro atoms. The fourth-order valence-electron chi connectivity index (χ4n) is 1.61. The Bertz CT molecular complexity index is 400. The summed E-state index contributed by atoms with van der Waals surface area (Å²) in [4.78, 5) is 4.25. The average molecular weight is 393 g/mol. The van der Waals surface area contributed by atoms with Crippen LogP contribution in [0.2, 0.25) is 0 Å². The van der Waals surface area contributed by atoms with Crippen LogP contribution in [0.15, 0.2) is 29.3 Å². The molecule has 1 rings (SSSR count). The van der Waals surface area contributed by atoms with E-state index in [1.54, 1.807) is 7.11 Å². The first-order valence-corrected chi connectivity index (χ1v) is 6.49. The van der Waals surface area contributed by atoms with Crippen LogP contribution >= 0.6 is 24.0 Å². The highest BCUT2D eigenvalue weighted by atomic mass is 127. The van der Waals surface area contributed by atoms with Crippen LogP contribution in [0, 0.1) is 0 Å². The Morgan fingerprint density at radius 1 is 1.35 bits per heavy atom. The average Bonchev–Trinajstić information content (AvgIpc) is 2.41. The van der Waals surface area contributed by atoms with E-state index in [9.17, 15) is 0 Å². The third-order valence-electron chi connectivity index (χ3n) is 2.51. The second kappa shape index (κ2) is 11.9. The van der Waals surface area contributed by atoms with Crippen molar-refractivity contribution in [3.8, 4) is 0 Å². The van der Waals surface area contributed by atoms with Crippen LogP contribution in [-0.2, 0) is 16.1 Å². The normalized spacial score (nSPS) is 11.0. The van der Waals surface area contributed by atoms with E-state index < -0.39 is 0 Å². The number of hydrogen-bond acceptors (Lipinski definition) is 3. The van der Waals surface area contributed by atoms with Crippen molar-refractivity contribution in [2.45, 2.75) is 20.0 Å². The van der Waals surface area contributed by atoms with Crippen LogP contribution in [0.3, 0.4) is 0 Å². The molecule has 5 nitrogen and oxygen atoms in total. The minimum atomic E-state index is 0. The molecule has 1 aromatic carbocycles. The maximum absolute atomic E-state index is 5.84. The molecule has 1 aromatic rings. The molecule has 0 fully saturated rings. The molecule has 0 heterocycles. The van der Waals surface area contributed by atoms with Gasteiger partial charge in [0.2, 0.25) is 0 Å². The van der Waals surface area contributed by atoms with Crippen LogP contribution in [0.1, 0.15) is 18.9 Å². The largest absolute Gasteiger partial charge is 0.382 e. The number of para-hydroxylation sites is 1. The number of hydrogen-bond donors (Lipinski definition) is 2. The lowest BCUT2D eigenvalue weighted by Gasteiger charge is -2.10. The zero-order chi connectivity index (χ0) is 13.9. The van der Waals surface area contributed by atoms with Crippen molar-refractivity contribution in [2.75, 3.05) is 32.2 Å². The lowest BCUT2D eigenvalue weighted by Crippen LogP contribution is -2.23. The fourth-order valence-corrected chi connectivity index (χ4v) is 1.61. The zero-order valence-electron chi connectivity index (χ0n) is 12.1. The summed E-state index contributed by atoms with van der Waals surface area (Å²) in [6.07, 6.45) is 0.871. The highest BCUT2D eigenvalue weighted by Gasteiger charge is 2.01. The quantitative estimate of drug-likeness (QED) is 0.308. The van der Waals surface area contributed by atoms with Crippen molar-refractivity contribution in [1.29, 1.82) is 0 Å². The summed E-state index contributed by atoms with van der Waals surface area (Å²) in [5.74, 6) is 0.417. The Morgan fingerprint density at radius 2 is 2.10 bits per heavy atom. The van der Waals surface area contributed by atoms with Crippen LogP contribution in [0.5, 0.6) is 0 Å². The molecule has 20 heavy (non-hydrogen) atoms. The number of nitrogens with zero attached hydrogens (tertiary/aromatic N) is 1. The lowest BCUT2D eigenvalue weighted by molar-refractivity contribution is 0.146. The second-order valence-electron chi connectivity index (χ2n) is 4.03. The minimum absolute atomic E-state index is 0. The van der Waals surface area contributed by atoms with Gasteiger partial charge in [0.25, 0.3) is 0 Å². The van der Waals surface area contributed by atoms with Gasteiger partial charge in [-0.3, -0.25) is 4.99 Å². The summed E-state index contributed by atoms with van der Waals surface area (Å²) >= 11 is 0. The Labute approximate surface area is 138 Å². The number of guanidine groups is 1. The molecule has 6 heteroatoms. The first-order valence-electron chi connectivity index (χ1n) is 6.49. The highest BCUT2D eigenvalue weighted by Crippen LogP contribution is 2.15. The molecule has 3 N–H and O–H groups in total. The van der Waals surface area contributed by atoms with E-state index in [-0.39, 0.29) is 24.0 Å². The number of ether oxygens (including phenoxy) is 2. The molecule has 0 amide bonds. The maximum Gasteiger partial charge on any atom is 0.193 e. The lowest BCUT2D eigenvalue weighted by atomic mass is 10.2. The van der Waals surface area contributed by atoms with Gasteiger partial charge in [-0.15, -0.1) is 24.0 Å². The number of benzene rings is 1. The SMILES string of the molecule is CCOCCCN=C(N)Nc1ccccc1COC.I. The van der Waals surface area contributed by atoms with E-state index in [0.717, 1.165) is 24.3 Å². The van der Waals surface area contributed by atoms with Gasteiger partial charge in [-0.2, -0.15) is 0 Å². The summed E-state index contributed by atoms with van der Waals surface area (Å²) < 4.78 is 10.4. The Balaban J connectivity index is 0.00000361. The summed E-state index contributed by atoms with van der Waals surface area (Å²) in [7, 11) is 1.67. The zero-order valence-corrected chi connectivity index (χ0v) is 14.4. The van der Waals surface area contributed by atoms with Gasteiger partial charge in [0.05, 0.1) is 6.61 Å². The van der Waals surface area contributed by atoms with E-state index in [1.807, 2.05) is 31.2 Å². The van der Waals surface area contributed by atoms with Gasteiger partial charge in [0, 0.05) is 38.1 Å². The van der Waals surface area contributed by atoms with Gasteiger partial charge in [-0.1, -0.05) is 18.2 Å². The van der Waals surface area contributed by atoms with Crippen LogP contribution in [0.25, 0.3) is 0 Å². The Hall–Kier alpha value is -0.860. The summed E-state index contributed by atoms with van der Waals surface area (Å²) in [6.45, 7) is 4.63. The van der Waals surface area contributed by atoms with E-state index in [4.69, 9.17) is 15.2 Å².